The lowest BCUT2D eigenvalue weighted by Gasteiger charge is -2.08. The van der Waals surface area contributed by atoms with Gasteiger partial charge in [0.15, 0.2) is 0 Å². The molecule has 0 saturated carbocycles. The van der Waals surface area contributed by atoms with Crippen molar-refractivity contribution in [2.75, 3.05) is 11.9 Å². The summed E-state index contributed by atoms with van der Waals surface area (Å²) in [6, 6.07) is 5.62. The van der Waals surface area contributed by atoms with Crippen molar-refractivity contribution < 1.29 is 18.6 Å². The smallest absolute Gasteiger partial charge is 0.317 e. The van der Waals surface area contributed by atoms with Crippen molar-refractivity contribution in [2.24, 2.45) is 5.11 Å². The van der Waals surface area contributed by atoms with E-state index < -0.39 is 6.43 Å². The van der Waals surface area contributed by atoms with E-state index in [0.717, 1.165) is 0 Å². The number of ether oxygens (including phenoxy) is 1. The van der Waals surface area contributed by atoms with Crippen LogP contribution in [-0.2, 0) is 6.61 Å². The number of anilines is 1. The summed E-state index contributed by atoms with van der Waals surface area (Å²) in [5.41, 5.74) is 7.75. The second kappa shape index (κ2) is 9.00. The Morgan fingerprint density at radius 1 is 1.44 bits per heavy atom. The van der Waals surface area contributed by atoms with Crippen molar-refractivity contribution in [3.63, 3.8) is 0 Å². The van der Waals surface area contributed by atoms with Gasteiger partial charge >= 0.3 is 6.01 Å². The molecular weight excluding hydrogens is 356 g/mol. The Morgan fingerprint density at radius 2 is 2.24 bits per heavy atom. The number of aliphatic hydroxyl groups excluding tert-OH is 1. The molecule has 0 bridgehead atoms. The Hall–Kier alpha value is -2.65. The molecule has 2 rings (SSSR count). The van der Waals surface area contributed by atoms with E-state index in [1.54, 1.807) is 0 Å². The zero-order chi connectivity index (χ0) is 18.2. The van der Waals surface area contributed by atoms with Gasteiger partial charge in [-0.2, -0.15) is 10.1 Å². The van der Waals surface area contributed by atoms with Crippen LogP contribution in [0.15, 0.2) is 47.5 Å². The normalized spacial score (nSPS) is 11.5. The summed E-state index contributed by atoms with van der Waals surface area (Å²) in [5.74, 6) is 0. The number of hydrogen-bond donors (Lipinski definition) is 3. The fourth-order valence-corrected chi connectivity index (χ4v) is 1.95. The maximum absolute atomic E-state index is 12.8. The Balaban J connectivity index is 2.02. The van der Waals surface area contributed by atoms with E-state index in [1.807, 2.05) is 0 Å². The average Bonchev–Trinajstić information content (AvgIpc) is 2.63. The fourth-order valence-electron chi connectivity index (χ4n) is 1.75. The highest BCUT2D eigenvalue weighted by atomic mass is 35.5. The Labute approximate surface area is 146 Å². The number of nitrogens with zero attached hydrogens (tertiary/aromatic N) is 3. The maximum Gasteiger partial charge on any atom is 0.317 e. The summed E-state index contributed by atoms with van der Waals surface area (Å²) in [6.07, 6.45) is 0.0618. The molecule has 0 spiro atoms. The van der Waals surface area contributed by atoms with Gasteiger partial charge in [-0.05, 0) is 24.3 Å². The SMILES string of the molecule is N=N/C(=C\Nc1ccc(Cl)c(C(F)F)c1)COc1nccc(CO)n1. The molecule has 0 aliphatic heterocycles. The maximum atomic E-state index is 12.8. The number of rotatable bonds is 8. The number of benzene rings is 1. The molecule has 7 nitrogen and oxygen atoms in total. The number of nitrogens with one attached hydrogen (secondary N) is 2. The van der Waals surface area contributed by atoms with Crippen LogP contribution in [0.25, 0.3) is 0 Å². The third kappa shape index (κ3) is 5.44. The van der Waals surface area contributed by atoms with Crippen LogP contribution >= 0.6 is 11.6 Å². The largest absolute Gasteiger partial charge is 0.457 e. The van der Waals surface area contributed by atoms with Crippen LogP contribution in [0.5, 0.6) is 6.01 Å². The van der Waals surface area contributed by atoms with Gasteiger partial charge in [0.25, 0.3) is 6.43 Å². The zero-order valence-corrected chi connectivity index (χ0v) is 13.5. The Kier molecular flexibility index (Phi) is 6.72. The lowest BCUT2D eigenvalue weighted by molar-refractivity contribution is 0.151. The number of hydrogen-bond acceptors (Lipinski definition) is 7. The number of aliphatic hydroxyl groups is 1. The molecule has 0 saturated heterocycles. The minimum Gasteiger partial charge on any atom is -0.457 e. The number of aromatic nitrogens is 2. The van der Waals surface area contributed by atoms with E-state index in [2.05, 4.69) is 20.4 Å². The molecule has 0 amide bonds. The predicted molar refractivity (Wildman–Crippen MR) is 86.7 cm³/mol. The highest BCUT2D eigenvalue weighted by Gasteiger charge is 2.12. The molecule has 0 radical (unpaired) electrons. The van der Waals surface area contributed by atoms with Gasteiger partial charge < -0.3 is 15.2 Å². The van der Waals surface area contributed by atoms with Crippen molar-refractivity contribution in [3.8, 4) is 6.01 Å². The first-order valence-corrected chi connectivity index (χ1v) is 7.37. The van der Waals surface area contributed by atoms with Crippen molar-refractivity contribution in [1.82, 2.24) is 9.97 Å². The minimum absolute atomic E-state index is 0.0209. The molecule has 0 aliphatic carbocycles. The first-order chi connectivity index (χ1) is 12.0. The molecule has 1 aromatic carbocycles. The van der Waals surface area contributed by atoms with Crippen LogP contribution in [0.2, 0.25) is 5.02 Å². The van der Waals surface area contributed by atoms with Gasteiger partial charge in [0.1, 0.15) is 12.3 Å². The quantitative estimate of drug-likeness (QED) is 0.612. The van der Waals surface area contributed by atoms with E-state index >= 15 is 0 Å². The summed E-state index contributed by atoms with van der Waals surface area (Å²) in [5, 5.41) is 15.0. The van der Waals surface area contributed by atoms with Gasteiger partial charge in [0.05, 0.1) is 12.3 Å². The first kappa shape index (κ1) is 18.7. The van der Waals surface area contributed by atoms with E-state index in [9.17, 15) is 8.78 Å². The topological polar surface area (TPSA) is 103 Å². The molecule has 0 unspecified atom stereocenters. The van der Waals surface area contributed by atoms with Gasteiger partial charge in [0, 0.05) is 28.7 Å². The lowest BCUT2D eigenvalue weighted by Crippen LogP contribution is -2.05. The summed E-state index contributed by atoms with van der Waals surface area (Å²) >= 11 is 5.70. The average molecular weight is 370 g/mol. The van der Waals surface area contributed by atoms with E-state index in [1.165, 1.54) is 36.7 Å². The molecule has 2 aromatic rings. The summed E-state index contributed by atoms with van der Waals surface area (Å²) in [6.45, 7) is -0.379. The zero-order valence-electron chi connectivity index (χ0n) is 12.8. The second-order valence-corrected chi connectivity index (χ2v) is 5.11. The molecule has 0 atom stereocenters. The first-order valence-electron chi connectivity index (χ1n) is 6.99. The molecule has 1 aromatic heterocycles. The van der Waals surface area contributed by atoms with E-state index in [0.29, 0.717) is 11.4 Å². The summed E-state index contributed by atoms with van der Waals surface area (Å²) < 4.78 is 30.9. The third-order valence-corrected chi connectivity index (χ3v) is 3.33. The van der Waals surface area contributed by atoms with Crippen molar-refractivity contribution >= 4 is 17.3 Å². The molecule has 1 heterocycles. The highest BCUT2D eigenvalue weighted by molar-refractivity contribution is 6.31. The van der Waals surface area contributed by atoms with Gasteiger partial charge in [-0.25, -0.2) is 19.3 Å². The Morgan fingerprint density at radius 3 is 2.92 bits per heavy atom. The number of alkyl halides is 2. The Bertz CT molecular complexity index is 773. The van der Waals surface area contributed by atoms with E-state index in [-0.39, 0.29) is 35.5 Å². The van der Waals surface area contributed by atoms with Crippen molar-refractivity contribution in [1.29, 1.82) is 5.53 Å². The molecule has 0 aliphatic rings. The van der Waals surface area contributed by atoms with E-state index in [4.69, 9.17) is 27.0 Å². The fraction of sp³-hybridized carbons (Fsp3) is 0.200. The van der Waals surface area contributed by atoms with Crippen LogP contribution in [0.4, 0.5) is 14.5 Å². The molecule has 25 heavy (non-hydrogen) atoms. The third-order valence-electron chi connectivity index (χ3n) is 2.98. The number of halogens is 3. The lowest BCUT2D eigenvalue weighted by atomic mass is 10.2. The molecule has 3 N–H and O–H groups in total. The predicted octanol–water partition coefficient (Wildman–Crippen LogP) is 3.92. The second-order valence-electron chi connectivity index (χ2n) is 4.71. The van der Waals surface area contributed by atoms with Crippen molar-refractivity contribution in [2.45, 2.75) is 13.0 Å². The van der Waals surface area contributed by atoms with Gasteiger partial charge in [-0.15, -0.1) is 0 Å². The molecule has 0 fully saturated rings. The summed E-state index contributed by atoms with van der Waals surface area (Å²) in [7, 11) is 0. The van der Waals surface area contributed by atoms with Crippen LogP contribution < -0.4 is 10.1 Å². The van der Waals surface area contributed by atoms with Gasteiger partial charge in [-0.1, -0.05) is 11.6 Å². The van der Waals surface area contributed by atoms with Gasteiger partial charge in [-0.3, -0.25) is 0 Å². The molecule has 10 heteroatoms. The highest BCUT2D eigenvalue weighted by Crippen LogP contribution is 2.29. The van der Waals surface area contributed by atoms with Gasteiger partial charge in [0.2, 0.25) is 0 Å². The van der Waals surface area contributed by atoms with Crippen LogP contribution in [0.1, 0.15) is 17.7 Å². The van der Waals surface area contributed by atoms with Crippen molar-refractivity contribution in [3.05, 3.63) is 58.6 Å². The monoisotopic (exact) mass is 369 g/mol. The standard InChI is InChI=1S/C15H14ClF2N5O2/c16-13-2-1-9(5-12(13)14(17)18)21-6-11(23-19)8-25-15-20-4-3-10(7-24)22-15/h1-6,14,19,21,24H,7-8H2/b11-6-,23-19?. The van der Waals surface area contributed by atoms with Crippen LogP contribution in [0.3, 0.4) is 0 Å². The summed E-state index contributed by atoms with van der Waals surface area (Å²) in [4.78, 5) is 7.78. The minimum atomic E-state index is -2.70. The van der Waals surface area contributed by atoms with Crippen LogP contribution in [-0.4, -0.2) is 21.7 Å². The molecule has 132 valence electrons. The molecular formula is C15H14ClF2N5O2. The van der Waals surface area contributed by atoms with Crippen LogP contribution in [0, 0.1) is 5.53 Å².